The summed E-state index contributed by atoms with van der Waals surface area (Å²) in [6.07, 6.45) is 18.9. The lowest BCUT2D eigenvalue weighted by molar-refractivity contribution is -0.175. The van der Waals surface area contributed by atoms with Gasteiger partial charge in [0.1, 0.15) is 0 Å². The van der Waals surface area contributed by atoms with Crippen molar-refractivity contribution in [3.05, 3.63) is 11.6 Å². The van der Waals surface area contributed by atoms with E-state index in [1.165, 1.54) is 64.2 Å². The van der Waals surface area contributed by atoms with Gasteiger partial charge in [-0.1, -0.05) is 44.3 Å². The van der Waals surface area contributed by atoms with Crippen LogP contribution in [0.15, 0.2) is 11.6 Å². The summed E-state index contributed by atoms with van der Waals surface area (Å²) in [5, 5.41) is 0. The van der Waals surface area contributed by atoms with Crippen molar-refractivity contribution in [2.75, 3.05) is 13.2 Å². The molecule has 0 radical (unpaired) electrons. The van der Waals surface area contributed by atoms with Crippen LogP contribution in [-0.4, -0.2) is 19.5 Å². The summed E-state index contributed by atoms with van der Waals surface area (Å²) in [6, 6.07) is 0. The van der Waals surface area contributed by atoms with Gasteiger partial charge in [0.15, 0.2) is 6.29 Å². The van der Waals surface area contributed by atoms with E-state index in [1.807, 2.05) is 0 Å². The fourth-order valence-electron chi connectivity index (χ4n) is 4.98. The van der Waals surface area contributed by atoms with Gasteiger partial charge in [-0.3, -0.25) is 0 Å². The van der Waals surface area contributed by atoms with E-state index in [4.69, 9.17) is 9.47 Å². The molecule has 0 unspecified atom stereocenters. The molecule has 0 aromatic rings. The maximum atomic E-state index is 5.65. The summed E-state index contributed by atoms with van der Waals surface area (Å²) in [4.78, 5) is 0. The van der Waals surface area contributed by atoms with Crippen molar-refractivity contribution >= 4 is 0 Å². The summed E-state index contributed by atoms with van der Waals surface area (Å²) in [6.45, 7) is 4.08. The number of hydrogen-bond donors (Lipinski definition) is 0. The molecule has 2 aliphatic carbocycles. The molecule has 0 aromatic carbocycles. The molecule has 2 saturated carbocycles. The molecule has 2 heteroatoms. The lowest BCUT2D eigenvalue weighted by Gasteiger charge is -2.36. The zero-order valence-electron chi connectivity index (χ0n) is 15.1. The average Bonchev–Trinajstić information content (AvgIpc) is 2.62. The van der Waals surface area contributed by atoms with Crippen molar-refractivity contribution in [2.24, 2.45) is 17.8 Å². The Balaban J connectivity index is 1.36. The first-order valence-corrected chi connectivity index (χ1v) is 10.3. The average molecular weight is 321 g/mol. The van der Waals surface area contributed by atoms with E-state index in [2.05, 4.69) is 13.0 Å². The van der Waals surface area contributed by atoms with E-state index < -0.39 is 0 Å². The minimum atomic E-state index is 0.0304. The third kappa shape index (κ3) is 5.32. The second-order valence-corrected chi connectivity index (χ2v) is 8.03. The van der Waals surface area contributed by atoms with E-state index in [9.17, 15) is 0 Å². The fourth-order valence-corrected chi connectivity index (χ4v) is 4.98. The van der Waals surface area contributed by atoms with Crippen LogP contribution in [0.5, 0.6) is 0 Å². The topological polar surface area (TPSA) is 18.5 Å². The van der Waals surface area contributed by atoms with Gasteiger partial charge in [-0.2, -0.15) is 0 Å². The largest absolute Gasteiger partial charge is 0.352 e. The molecule has 3 aliphatic rings. The van der Waals surface area contributed by atoms with Crippen molar-refractivity contribution in [1.82, 2.24) is 0 Å². The van der Waals surface area contributed by atoms with Gasteiger partial charge in [-0.25, -0.2) is 0 Å². The normalized spacial score (nSPS) is 33.6. The quantitative estimate of drug-likeness (QED) is 0.590. The summed E-state index contributed by atoms with van der Waals surface area (Å²) in [5.41, 5.74) is 1.67. The Hall–Kier alpha value is -0.340. The Bertz CT molecular complexity index is 352. The molecular weight excluding hydrogens is 284 g/mol. The zero-order chi connectivity index (χ0) is 15.9. The molecule has 0 atom stereocenters. The maximum Gasteiger partial charge on any atom is 0.160 e. The smallest absolute Gasteiger partial charge is 0.160 e. The van der Waals surface area contributed by atoms with Gasteiger partial charge in [-0.15, -0.1) is 0 Å². The summed E-state index contributed by atoms with van der Waals surface area (Å²) >= 11 is 0. The van der Waals surface area contributed by atoms with Crippen LogP contribution < -0.4 is 0 Å². The van der Waals surface area contributed by atoms with Crippen molar-refractivity contribution in [1.29, 1.82) is 0 Å². The SMILES string of the molecule is CCC[C@H]1CC[C@H](C2CCC(=CCC3OCCCO3)CC2)CC1. The van der Waals surface area contributed by atoms with Crippen LogP contribution in [-0.2, 0) is 9.47 Å². The molecule has 23 heavy (non-hydrogen) atoms. The predicted octanol–water partition coefficient (Wildman–Crippen LogP) is 5.86. The molecule has 3 rings (SSSR count). The van der Waals surface area contributed by atoms with E-state index in [0.29, 0.717) is 0 Å². The van der Waals surface area contributed by atoms with Gasteiger partial charge in [0.05, 0.1) is 13.2 Å². The van der Waals surface area contributed by atoms with Gasteiger partial charge < -0.3 is 9.47 Å². The molecule has 0 amide bonds. The first-order valence-electron chi connectivity index (χ1n) is 10.3. The van der Waals surface area contributed by atoms with E-state index in [1.54, 1.807) is 5.57 Å². The molecule has 1 heterocycles. The molecule has 0 spiro atoms. The highest BCUT2D eigenvalue weighted by atomic mass is 16.7. The monoisotopic (exact) mass is 320 g/mol. The molecule has 3 fully saturated rings. The van der Waals surface area contributed by atoms with Crippen LogP contribution in [0, 0.1) is 17.8 Å². The first kappa shape index (κ1) is 17.5. The van der Waals surface area contributed by atoms with Crippen LogP contribution >= 0.6 is 0 Å². The van der Waals surface area contributed by atoms with E-state index in [0.717, 1.165) is 43.8 Å². The van der Waals surface area contributed by atoms with Crippen molar-refractivity contribution in [3.63, 3.8) is 0 Å². The highest BCUT2D eigenvalue weighted by Crippen LogP contribution is 2.42. The third-order valence-electron chi connectivity index (χ3n) is 6.42. The molecule has 0 N–H and O–H groups in total. The number of rotatable bonds is 5. The lowest BCUT2D eigenvalue weighted by Crippen LogP contribution is -2.25. The van der Waals surface area contributed by atoms with Gasteiger partial charge in [-0.05, 0) is 62.7 Å². The predicted molar refractivity (Wildman–Crippen MR) is 95.3 cm³/mol. The highest BCUT2D eigenvalue weighted by Gasteiger charge is 2.29. The maximum absolute atomic E-state index is 5.65. The van der Waals surface area contributed by atoms with E-state index >= 15 is 0 Å². The highest BCUT2D eigenvalue weighted by molar-refractivity contribution is 5.06. The summed E-state index contributed by atoms with van der Waals surface area (Å²) in [5.74, 6) is 3.09. The van der Waals surface area contributed by atoms with E-state index in [-0.39, 0.29) is 6.29 Å². The molecular formula is C21H36O2. The van der Waals surface area contributed by atoms with Crippen LogP contribution in [0.25, 0.3) is 0 Å². The minimum Gasteiger partial charge on any atom is -0.352 e. The second kappa shape index (κ2) is 9.22. The molecule has 0 bridgehead atoms. The first-order chi connectivity index (χ1) is 11.3. The molecule has 1 saturated heterocycles. The Morgan fingerprint density at radius 3 is 2.22 bits per heavy atom. The van der Waals surface area contributed by atoms with Crippen LogP contribution in [0.3, 0.4) is 0 Å². The minimum absolute atomic E-state index is 0.0304. The Morgan fingerprint density at radius 1 is 0.913 bits per heavy atom. The number of hydrogen-bond acceptors (Lipinski definition) is 2. The lowest BCUT2D eigenvalue weighted by atomic mass is 9.69. The summed E-state index contributed by atoms with van der Waals surface area (Å²) in [7, 11) is 0. The van der Waals surface area contributed by atoms with Crippen molar-refractivity contribution in [3.8, 4) is 0 Å². The standard InChI is InChI=1S/C21H36O2/c1-2-4-17-5-10-19(11-6-17)20-12-7-18(8-13-20)9-14-21-22-15-3-16-23-21/h9,17,19-21H,2-8,10-16H2,1H3/t17-,19-,20?. The Kier molecular flexibility index (Phi) is 7.01. The Morgan fingerprint density at radius 2 is 1.57 bits per heavy atom. The van der Waals surface area contributed by atoms with Gasteiger partial charge in [0, 0.05) is 6.42 Å². The van der Waals surface area contributed by atoms with Crippen LogP contribution in [0.2, 0.25) is 0 Å². The van der Waals surface area contributed by atoms with Crippen LogP contribution in [0.1, 0.15) is 84.0 Å². The number of ether oxygens (including phenoxy) is 2. The van der Waals surface area contributed by atoms with Crippen molar-refractivity contribution in [2.45, 2.75) is 90.3 Å². The second-order valence-electron chi connectivity index (χ2n) is 8.03. The molecule has 2 nitrogen and oxygen atoms in total. The van der Waals surface area contributed by atoms with Crippen LogP contribution in [0.4, 0.5) is 0 Å². The molecule has 132 valence electrons. The van der Waals surface area contributed by atoms with Gasteiger partial charge in [0.2, 0.25) is 0 Å². The van der Waals surface area contributed by atoms with Gasteiger partial charge in [0.25, 0.3) is 0 Å². The number of allylic oxidation sites excluding steroid dienone is 1. The Labute approximate surface area is 143 Å². The molecule has 1 aliphatic heterocycles. The van der Waals surface area contributed by atoms with Crippen molar-refractivity contribution < 1.29 is 9.47 Å². The summed E-state index contributed by atoms with van der Waals surface area (Å²) < 4.78 is 11.3. The zero-order valence-corrected chi connectivity index (χ0v) is 15.1. The fraction of sp³-hybridized carbons (Fsp3) is 0.905. The third-order valence-corrected chi connectivity index (χ3v) is 6.42. The van der Waals surface area contributed by atoms with Gasteiger partial charge >= 0.3 is 0 Å². The molecule has 0 aromatic heterocycles.